The highest BCUT2D eigenvalue weighted by Gasteiger charge is 2.42. The van der Waals surface area contributed by atoms with Gasteiger partial charge in [-0.15, -0.1) is 0 Å². The first-order valence-electron chi connectivity index (χ1n) is 18.8. The van der Waals surface area contributed by atoms with Crippen molar-refractivity contribution >= 4 is 46.6 Å². The maximum atomic E-state index is 3.99. The van der Waals surface area contributed by atoms with Crippen molar-refractivity contribution in [2.45, 2.75) is 78.1 Å². The maximum Gasteiger partial charge on any atom is 0.197 e. The number of hydrogen-bond acceptors (Lipinski definition) is 2. The molecule has 6 aromatic rings. The molecule has 0 bridgehead atoms. The van der Waals surface area contributed by atoms with Crippen LogP contribution >= 0.6 is 0 Å². The van der Waals surface area contributed by atoms with Crippen LogP contribution in [0.2, 0.25) is 0 Å². The van der Waals surface area contributed by atoms with Crippen molar-refractivity contribution < 1.29 is 0 Å². The zero-order valence-corrected chi connectivity index (χ0v) is 31.0. The third-order valence-corrected chi connectivity index (χ3v) is 11.5. The number of hydrogen-bond donors (Lipinski definition) is 1. The minimum atomic E-state index is -0.164. The lowest BCUT2D eigenvalue weighted by atomic mass is 9.57. The number of nitrogens with one attached hydrogen (secondary N) is 1. The number of para-hydroxylation sites is 3. The van der Waals surface area contributed by atoms with E-state index in [0.717, 1.165) is 17.8 Å². The number of aryl methyl sites for hydroxylation is 2. The topological polar surface area (TPSA) is 15.3 Å². The van der Waals surface area contributed by atoms with Gasteiger partial charge >= 0.3 is 0 Å². The Morgan fingerprint density at radius 3 is 1.96 bits per heavy atom. The third kappa shape index (κ3) is 5.68. The molecule has 0 saturated carbocycles. The van der Waals surface area contributed by atoms with Gasteiger partial charge in [0.25, 0.3) is 0 Å². The summed E-state index contributed by atoms with van der Waals surface area (Å²) in [4.78, 5) is 2.48. The van der Waals surface area contributed by atoms with Crippen LogP contribution in [0.4, 0.5) is 28.4 Å². The molecule has 51 heavy (non-hydrogen) atoms. The van der Waals surface area contributed by atoms with Gasteiger partial charge in [-0.25, -0.2) is 0 Å². The summed E-state index contributed by atoms with van der Waals surface area (Å²) in [5.74, 6) is 0. The Bertz CT molecular complexity index is 2250. The first kappa shape index (κ1) is 33.1. The van der Waals surface area contributed by atoms with Gasteiger partial charge in [0.2, 0.25) is 0 Å². The Morgan fingerprint density at radius 2 is 1.24 bits per heavy atom. The molecule has 6 aromatic carbocycles. The fourth-order valence-electron chi connectivity index (χ4n) is 8.61. The molecule has 0 saturated heterocycles. The monoisotopic (exact) mass is 663 g/mol. The van der Waals surface area contributed by atoms with Crippen LogP contribution in [0.1, 0.15) is 87.3 Å². The molecule has 2 nitrogen and oxygen atoms in total. The van der Waals surface area contributed by atoms with Crippen molar-refractivity contribution in [3.8, 4) is 11.1 Å². The predicted octanol–water partition coefficient (Wildman–Crippen LogP) is 11.5. The van der Waals surface area contributed by atoms with Crippen molar-refractivity contribution in [2.75, 3.05) is 10.2 Å². The van der Waals surface area contributed by atoms with E-state index in [1.807, 2.05) is 0 Å². The molecule has 8 rings (SSSR count). The van der Waals surface area contributed by atoms with Gasteiger partial charge < -0.3 is 10.2 Å². The maximum absolute atomic E-state index is 3.99. The van der Waals surface area contributed by atoms with E-state index in [2.05, 4.69) is 186 Å². The van der Waals surface area contributed by atoms with E-state index in [4.69, 9.17) is 0 Å². The summed E-state index contributed by atoms with van der Waals surface area (Å²) in [6.45, 7) is 14.1. The van der Waals surface area contributed by atoms with E-state index in [0.29, 0.717) is 0 Å². The van der Waals surface area contributed by atoms with E-state index >= 15 is 0 Å². The van der Waals surface area contributed by atoms with Crippen molar-refractivity contribution in [2.24, 2.45) is 0 Å². The van der Waals surface area contributed by atoms with Gasteiger partial charge in [-0.3, -0.25) is 0 Å². The summed E-state index contributed by atoms with van der Waals surface area (Å²) in [7, 11) is 2.43. The van der Waals surface area contributed by atoms with Crippen LogP contribution in [0.25, 0.3) is 11.1 Å². The van der Waals surface area contributed by atoms with E-state index in [1.54, 1.807) is 0 Å². The Morgan fingerprint density at radius 1 is 0.588 bits per heavy atom. The molecule has 1 N–H and O–H groups in total. The van der Waals surface area contributed by atoms with Crippen molar-refractivity contribution in [1.82, 2.24) is 0 Å². The van der Waals surface area contributed by atoms with Crippen LogP contribution in [0.3, 0.4) is 0 Å². The van der Waals surface area contributed by atoms with Gasteiger partial charge in [-0.05, 0) is 107 Å². The SMILES string of the molecule is CCCCCc1cc(-c2cc3c(cc2Nc2ccccc2C)C(C)(C)c2ccccc2C3(C)C)c2c(c1)N(c1ccccc1)c1ccccc1[B]2. The summed E-state index contributed by atoms with van der Waals surface area (Å²) >= 11 is 0. The molecule has 253 valence electrons. The third-order valence-electron chi connectivity index (χ3n) is 11.5. The van der Waals surface area contributed by atoms with Gasteiger partial charge in [0, 0.05) is 44.8 Å². The largest absolute Gasteiger partial charge is 0.355 e. The first-order valence-corrected chi connectivity index (χ1v) is 18.8. The summed E-state index contributed by atoms with van der Waals surface area (Å²) in [6, 6.07) is 47.5. The van der Waals surface area contributed by atoms with Gasteiger partial charge in [0.1, 0.15) is 0 Å². The van der Waals surface area contributed by atoms with E-state index in [9.17, 15) is 0 Å². The molecule has 0 spiro atoms. The highest BCUT2D eigenvalue weighted by molar-refractivity contribution is 6.73. The van der Waals surface area contributed by atoms with Crippen LogP contribution in [0.15, 0.2) is 127 Å². The molecule has 0 unspecified atom stereocenters. The molecule has 2 aliphatic rings. The molecular formula is C48H48BN2. The van der Waals surface area contributed by atoms with Crippen LogP contribution < -0.4 is 21.1 Å². The second kappa shape index (κ2) is 12.9. The fraction of sp³-hybridized carbons (Fsp3) is 0.250. The van der Waals surface area contributed by atoms with Crippen molar-refractivity contribution in [3.63, 3.8) is 0 Å². The summed E-state index contributed by atoms with van der Waals surface area (Å²) < 4.78 is 0. The predicted molar refractivity (Wildman–Crippen MR) is 220 cm³/mol. The first-order chi connectivity index (χ1) is 24.7. The quantitative estimate of drug-likeness (QED) is 0.129. The summed E-state index contributed by atoms with van der Waals surface area (Å²) in [5, 5.41) is 3.99. The Labute approximate surface area is 305 Å². The standard InChI is InChI=1S/C48H48BN2/c1-7-8-10-20-33-28-36(46-45(29-33)51(34-21-11-9-12-22-34)44-27-18-16-25-41(44)49-46)35-30-39-40(31-43(35)50-42-26-17-13-19-32(42)2)48(5,6)38-24-15-14-23-37(38)47(39,3)4/h9,11-19,21-31,50H,7-8,10,20H2,1-6H3. The van der Waals surface area contributed by atoms with Gasteiger partial charge in [0.05, 0.1) is 0 Å². The lowest BCUT2D eigenvalue weighted by Crippen LogP contribution is -2.41. The number of benzene rings is 6. The average molecular weight is 664 g/mol. The smallest absolute Gasteiger partial charge is 0.197 e. The molecular weight excluding hydrogens is 615 g/mol. The minimum absolute atomic E-state index is 0.154. The Hall–Kier alpha value is -5.02. The Balaban J connectivity index is 1.43. The molecule has 1 radical (unpaired) electrons. The Kier molecular flexibility index (Phi) is 8.42. The van der Waals surface area contributed by atoms with Crippen LogP contribution in [0, 0.1) is 6.92 Å². The number of rotatable bonds is 8. The second-order valence-corrected chi connectivity index (χ2v) is 15.6. The van der Waals surface area contributed by atoms with Crippen LogP contribution in [-0.4, -0.2) is 7.28 Å². The van der Waals surface area contributed by atoms with Crippen LogP contribution in [-0.2, 0) is 17.3 Å². The van der Waals surface area contributed by atoms with Gasteiger partial charge in [-0.2, -0.15) is 0 Å². The number of nitrogens with zero attached hydrogens (tertiary/aromatic N) is 1. The van der Waals surface area contributed by atoms with Crippen molar-refractivity contribution in [1.29, 1.82) is 0 Å². The van der Waals surface area contributed by atoms with E-state index in [1.165, 1.54) is 91.8 Å². The van der Waals surface area contributed by atoms with Gasteiger partial charge in [-0.1, -0.05) is 138 Å². The number of unbranched alkanes of at least 4 members (excludes halogenated alkanes) is 2. The minimum Gasteiger partial charge on any atom is -0.355 e. The molecule has 0 amide bonds. The lowest BCUT2D eigenvalue weighted by Gasteiger charge is -2.44. The zero-order chi connectivity index (χ0) is 35.3. The molecule has 3 heteroatoms. The highest BCUT2D eigenvalue weighted by atomic mass is 15.1. The number of fused-ring (bicyclic) bond motifs is 4. The molecule has 0 fully saturated rings. The van der Waals surface area contributed by atoms with Crippen LogP contribution in [0.5, 0.6) is 0 Å². The molecule has 1 aliphatic heterocycles. The average Bonchev–Trinajstić information content (AvgIpc) is 3.14. The second-order valence-electron chi connectivity index (χ2n) is 15.6. The van der Waals surface area contributed by atoms with E-state index in [-0.39, 0.29) is 10.8 Å². The lowest BCUT2D eigenvalue weighted by molar-refractivity contribution is 0.521. The highest BCUT2D eigenvalue weighted by Crippen LogP contribution is 2.52. The number of anilines is 5. The summed E-state index contributed by atoms with van der Waals surface area (Å²) in [5.41, 5.74) is 18.9. The van der Waals surface area contributed by atoms with Gasteiger partial charge in [0.15, 0.2) is 7.28 Å². The normalized spacial score (nSPS) is 14.8. The van der Waals surface area contributed by atoms with Crippen molar-refractivity contribution in [3.05, 3.63) is 161 Å². The molecule has 1 heterocycles. The molecule has 1 aliphatic carbocycles. The molecule has 0 atom stereocenters. The fourth-order valence-corrected chi connectivity index (χ4v) is 8.61. The summed E-state index contributed by atoms with van der Waals surface area (Å²) in [6.07, 6.45) is 4.66. The van der Waals surface area contributed by atoms with E-state index < -0.39 is 0 Å². The zero-order valence-electron chi connectivity index (χ0n) is 31.0. The molecule has 0 aromatic heterocycles.